The van der Waals surface area contributed by atoms with Gasteiger partial charge in [-0.15, -0.1) is 0 Å². The van der Waals surface area contributed by atoms with Gasteiger partial charge in [-0.2, -0.15) is 5.10 Å². The number of hydrogen-bond donors (Lipinski definition) is 1. The monoisotopic (exact) mass is 369 g/mol. The molecule has 0 spiro atoms. The lowest BCUT2D eigenvalue weighted by atomic mass is 9.86. The normalized spacial score (nSPS) is 20.6. The van der Waals surface area contributed by atoms with Gasteiger partial charge in [0.2, 0.25) is 0 Å². The van der Waals surface area contributed by atoms with Crippen molar-refractivity contribution in [3.8, 4) is 0 Å². The smallest absolute Gasteiger partial charge is 0.343 e. The second-order valence-electron chi connectivity index (χ2n) is 7.34. The van der Waals surface area contributed by atoms with Crippen molar-refractivity contribution in [2.45, 2.75) is 66.0 Å². The lowest BCUT2D eigenvalue weighted by molar-refractivity contribution is -0.125. The largest absolute Gasteiger partial charge is 0.452 e. The molecule has 1 N–H and O–H groups in total. The van der Waals surface area contributed by atoms with E-state index in [0.717, 1.165) is 19.3 Å². The Bertz CT molecular complexity index is 627. The van der Waals surface area contributed by atoms with Crippen molar-refractivity contribution in [2.24, 2.45) is 11.8 Å². The highest BCUT2D eigenvalue weighted by Gasteiger charge is 2.25. The number of nitrogens with zero attached hydrogens (tertiary/aromatic N) is 2. The summed E-state index contributed by atoms with van der Waals surface area (Å²) in [6, 6.07) is 0.166. The minimum absolute atomic E-state index is 0.166. The number of aromatic nitrogens is 2. The van der Waals surface area contributed by atoms with Crippen molar-refractivity contribution in [3.63, 3.8) is 0 Å². The van der Waals surface area contributed by atoms with Crippen LogP contribution in [0.5, 0.6) is 0 Å². The molecular weight excluding hydrogens is 342 g/mol. The SMILES string of the molecule is Cc1nn(CC(C)C)c(Cl)c1C(=O)OCC(=O)N[C@H]1CCCC[C@H]1C. The molecule has 0 unspecified atom stereocenters. The Hall–Kier alpha value is -1.56. The van der Waals surface area contributed by atoms with Gasteiger partial charge in [0.05, 0.1) is 5.69 Å². The van der Waals surface area contributed by atoms with E-state index < -0.39 is 5.97 Å². The molecule has 140 valence electrons. The van der Waals surface area contributed by atoms with Crippen LogP contribution in [-0.2, 0) is 16.1 Å². The molecule has 1 fully saturated rings. The molecule has 7 heteroatoms. The molecule has 1 aliphatic rings. The van der Waals surface area contributed by atoms with Gasteiger partial charge in [0.1, 0.15) is 10.7 Å². The van der Waals surface area contributed by atoms with Gasteiger partial charge >= 0.3 is 5.97 Å². The Balaban J connectivity index is 1.91. The van der Waals surface area contributed by atoms with Crippen LogP contribution in [0.3, 0.4) is 0 Å². The molecule has 25 heavy (non-hydrogen) atoms. The number of rotatable bonds is 6. The molecule has 1 amide bonds. The van der Waals surface area contributed by atoms with Gasteiger partial charge < -0.3 is 10.1 Å². The van der Waals surface area contributed by atoms with Crippen molar-refractivity contribution in [3.05, 3.63) is 16.4 Å². The number of aryl methyl sites for hydroxylation is 1. The highest BCUT2D eigenvalue weighted by Crippen LogP contribution is 2.24. The maximum atomic E-state index is 12.3. The van der Waals surface area contributed by atoms with Crippen LogP contribution in [0.1, 0.15) is 62.5 Å². The van der Waals surface area contributed by atoms with Crippen LogP contribution < -0.4 is 5.32 Å². The van der Waals surface area contributed by atoms with Crippen LogP contribution in [0.4, 0.5) is 0 Å². The Labute approximate surface area is 154 Å². The quantitative estimate of drug-likeness (QED) is 0.780. The van der Waals surface area contributed by atoms with Gasteiger partial charge in [-0.1, -0.05) is 45.2 Å². The summed E-state index contributed by atoms with van der Waals surface area (Å²) >= 11 is 6.26. The number of halogens is 1. The fraction of sp³-hybridized carbons (Fsp3) is 0.722. The molecule has 1 heterocycles. The van der Waals surface area contributed by atoms with Gasteiger partial charge in [0, 0.05) is 12.6 Å². The Kier molecular flexibility index (Phi) is 6.87. The number of hydrogen-bond acceptors (Lipinski definition) is 4. The molecule has 1 aromatic rings. The maximum Gasteiger partial charge on any atom is 0.343 e. The molecule has 2 atom stereocenters. The first kappa shape index (κ1) is 19.8. The Morgan fingerprint density at radius 3 is 2.68 bits per heavy atom. The average molecular weight is 370 g/mol. The van der Waals surface area contributed by atoms with Crippen LogP contribution in [0.2, 0.25) is 5.15 Å². The summed E-state index contributed by atoms with van der Waals surface area (Å²) in [5.74, 6) is -0.0666. The summed E-state index contributed by atoms with van der Waals surface area (Å²) in [5, 5.41) is 7.51. The second kappa shape index (κ2) is 8.70. The number of esters is 1. The van der Waals surface area contributed by atoms with Crippen LogP contribution >= 0.6 is 11.6 Å². The van der Waals surface area contributed by atoms with E-state index in [1.54, 1.807) is 11.6 Å². The molecule has 1 saturated carbocycles. The van der Waals surface area contributed by atoms with Gasteiger partial charge in [0.25, 0.3) is 5.91 Å². The number of amides is 1. The lowest BCUT2D eigenvalue weighted by Gasteiger charge is -2.29. The summed E-state index contributed by atoms with van der Waals surface area (Å²) in [6.07, 6.45) is 4.43. The van der Waals surface area contributed by atoms with E-state index >= 15 is 0 Å². The first-order chi connectivity index (χ1) is 11.8. The number of carbonyl (C=O) groups excluding carboxylic acids is 2. The van der Waals surface area contributed by atoms with E-state index in [2.05, 4.69) is 17.3 Å². The first-order valence-electron chi connectivity index (χ1n) is 8.99. The Morgan fingerprint density at radius 1 is 1.36 bits per heavy atom. The van der Waals surface area contributed by atoms with Crippen LogP contribution in [-0.4, -0.2) is 34.3 Å². The topological polar surface area (TPSA) is 73.2 Å². The van der Waals surface area contributed by atoms with Crippen LogP contribution in [0.25, 0.3) is 0 Å². The van der Waals surface area contributed by atoms with Crippen LogP contribution in [0.15, 0.2) is 0 Å². The summed E-state index contributed by atoms with van der Waals surface area (Å²) in [6.45, 7) is 8.26. The van der Waals surface area contributed by atoms with Gasteiger partial charge in [-0.3, -0.25) is 9.48 Å². The molecule has 0 aliphatic heterocycles. The summed E-state index contributed by atoms with van der Waals surface area (Å²) < 4.78 is 6.76. The number of ether oxygens (including phenoxy) is 1. The fourth-order valence-corrected chi connectivity index (χ4v) is 3.56. The van der Waals surface area contributed by atoms with Crippen molar-refractivity contribution >= 4 is 23.5 Å². The molecular formula is C18H28ClN3O3. The van der Waals surface area contributed by atoms with E-state index in [1.807, 2.05) is 13.8 Å². The standard InChI is InChI=1S/C18H28ClN3O3/c1-11(2)9-22-17(19)16(13(4)21-22)18(24)25-10-15(23)20-14-8-6-5-7-12(14)3/h11-12,14H,5-10H2,1-4H3,(H,20,23)/t12-,14+/m1/s1. The van der Waals surface area contributed by atoms with E-state index in [1.165, 1.54) is 6.42 Å². The second-order valence-corrected chi connectivity index (χ2v) is 7.70. The third-order valence-corrected chi connectivity index (χ3v) is 4.98. The highest BCUT2D eigenvalue weighted by molar-refractivity contribution is 6.32. The number of carbonyl (C=O) groups is 2. The molecule has 0 aromatic carbocycles. The maximum absolute atomic E-state index is 12.3. The average Bonchev–Trinajstić information content (AvgIpc) is 2.81. The lowest BCUT2D eigenvalue weighted by Crippen LogP contribution is -2.42. The predicted octanol–water partition coefficient (Wildman–Crippen LogP) is 3.35. The minimum Gasteiger partial charge on any atom is -0.452 e. The van der Waals surface area contributed by atoms with Crippen molar-refractivity contribution in [1.29, 1.82) is 0 Å². The predicted molar refractivity (Wildman–Crippen MR) is 96.7 cm³/mol. The molecule has 0 radical (unpaired) electrons. The highest BCUT2D eigenvalue weighted by atomic mass is 35.5. The summed E-state index contributed by atoms with van der Waals surface area (Å²) in [5.41, 5.74) is 0.748. The third kappa shape index (κ3) is 5.21. The Morgan fingerprint density at radius 2 is 2.04 bits per heavy atom. The zero-order valence-corrected chi connectivity index (χ0v) is 16.2. The van der Waals surface area contributed by atoms with Crippen molar-refractivity contribution in [2.75, 3.05) is 6.61 Å². The summed E-state index contributed by atoms with van der Waals surface area (Å²) in [7, 11) is 0. The molecule has 0 saturated heterocycles. The van der Waals surface area contributed by atoms with Gasteiger partial charge in [-0.25, -0.2) is 4.79 Å². The number of nitrogens with one attached hydrogen (secondary N) is 1. The minimum atomic E-state index is -0.607. The van der Waals surface area contributed by atoms with E-state index in [-0.39, 0.29) is 29.3 Å². The first-order valence-corrected chi connectivity index (χ1v) is 9.36. The summed E-state index contributed by atoms with van der Waals surface area (Å²) in [4.78, 5) is 24.4. The van der Waals surface area contributed by atoms with E-state index in [0.29, 0.717) is 24.1 Å². The van der Waals surface area contributed by atoms with Crippen molar-refractivity contribution < 1.29 is 14.3 Å². The third-order valence-electron chi connectivity index (χ3n) is 4.60. The fourth-order valence-electron chi connectivity index (χ4n) is 3.23. The van der Waals surface area contributed by atoms with Gasteiger partial charge in [-0.05, 0) is 31.6 Å². The van der Waals surface area contributed by atoms with Crippen LogP contribution in [0, 0.1) is 18.8 Å². The molecule has 2 rings (SSSR count). The van der Waals surface area contributed by atoms with E-state index in [4.69, 9.17) is 16.3 Å². The van der Waals surface area contributed by atoms with Crippen molar-refractivity contribution in [1.82, 2.24) is 15.1 Å². The molecule has 0 bridgehead atoms. The zero-order valence-electron chi connectivity index (χ0n) is 15.5. The van der Waals surface area contributed by atoms with Gasteiger partial charge in [0.15, 0.2) is 6.61 Å². The van der Waals surface area contributed by atoms with E-state index in [9.17, 15) is 9.59 Å². The zero-order chi connectivity index (χ0) is 18.6. The molecule has 6 nitrogen and oxygen atoms in total. The molecule has 1 aromatic heterocycles. The molecule has 1 aliphatic carbocycles.